The number of amides is 2. The Kier molecular flexibility index (Phi) is 4.68. The standard InChI is InChI=1S/C10H15N3O3/c1-13(5-6-14)7-9(15)12-10(16)8-3-2-4-11-8/h2-4,11,14H,5-7H2,1H3,(H,12,15,16). The average Bonchev–Trinajstić information content (AvgIpc) is 2.69. The van der Waals surface area contributed by atoms with Crippen LogP contribution in [0.15, 0.2) is 18.3 Å². The summed E-state index contributed by atoms with van der Waals surface area (Å²) in [6.45, 7) is 0.450. The molecule has 1 rings (SSSR count). The fraction of sp³-hybridized carbons (Fsp3) is 0.400. The molecule has 0 bridgehead atoms. The van der Waals surface area contributed by atoms with E-state index in [-0.39, 0.29) is 13.2 Å². The highest BCUT2D eigenvalue weighted by Crippen LogP contribution is 1.93. The SMILES string of the molecule is CN(CCO)CC(=O)NC(=O)c1ccc[nH]1. The molecule has 0 unspecified atom stereocenters. The van der Waals surface area contributed by atoms with Crippen molar-refractivity contribution < 1.29 is 14.7 Å². The van der Waals surface area contributed by atoms with Gasteiger partial charge in [0.15, 0.2) is 0 Å². The Balaban J connectivity index is 2.37. The van der Waals surface area contributed by atoms with Crippen LogP contribution in [0.25, 0.3) is 0 Å². The van der Waals surface area contributed by atoms with Crippen molar-refractivity contribution in [3.05, 3.63) is 24.0 Å². The van der Waals surface area contributed by atoms with Crippen LogP contribution in [0.3, 0.4) is 0 Å². The summed E-state index contributed by atoms with van der Waals surface area (Å²) in [5, 5.41) is 10.9. The number of aromatic nitrogens is 1. The number of hydrogen-bond donors (Lipinski definition) is 3. The third kappa shape index (κ3) is 3.84. The zero-order valence-electron chi connectivity index (χ0n) is 9.06. The van der Waals surface area contributed by atoms with Gasteiger partial charge in [-0.3, -0.25) is 19.8 Å². The lowest BCUT2D eigenvalue weighted by atomic mass is 10.4. The van der Waals surface area contributed by atoms with Gasteiger partial charge in [0.25, 0.3) is 5.91 Å². The second kappa shape index (κ2) is 6.04. The van der Waals surface area contributed by atoms with Gasteiger partial charge >= 0.3 is 0 Å². The monoisotopic (exact) mass is 225 g/mol. The van der Waals surface area contributed by atoms with Gasteiger partial charge in [0, 0.05) is 12.7 Å². The van der Waals surface area contributed by atoms with Crippen LogP contribution in [-0.4, -0.2) is 53.5 Å². The third-order valence-electron chi connectivity index (χ3n) is 1.99. The first-order valence-electron chi connectivity index (χ1n) is 4.90. The predicted octanol–water partition coefficient (Wildman–Crippen LogP) is -0.805. The minimum atomic E-state index is -0.451. The molecule has 1 aromatic heterocycles. The molecular formula is C10H15N3O3. The molecule has 6 nitrogen and oxygen atoms in total. The first-order valence-corrected chi connectivity index (χ1v) is 4.90. The van der Waals surface area contributed by atoms with Crippen LogP contribution in [0.2, 0.25) is 0 Å². The first kappa shape index (κ1) is 12.4. The third-order valence-corrected chi connectivity index (χ3v) is 1.99. The molecule has 88 valence electrons. The molecule has 0 spiro atoms. The number of carbonyl (C=O) groups excluding carboxylic acids is 2. The summed E-state index contributed by atoms with van der Waals surface area (Å²) in [5.74, 6) is -0.844. The van der Waals surface area contributed by atoms with Crippen molar-refractivity contribution in [3.8, 4) is 0 Å². The lowest BCUT2D eigenvalue weighted by Crippen LogP contribution is -2.39. The minimum absolute atomic E-state index is 0.0195. The number of aliphatic hydroxyl groups is 1. The van der Waals surface area contributed by atoms with Gasteiger partial charge in [-0.15, -0.1) is 0 Å². The topological polar surface area (TPSA) is 85.4 Å². The van der Waals surface area contributed by atoms with Gasteiger partial charge in [-0.1, -0.05) is 0 Å². The number of imide groups is 1. The van der Waals surface area contributed by atoms with Gasteiger partial charge < -0.3 is 10.1 Å². The zero-order valence-corrected chi connectivity index (χ0v) is 9.06. The quantitative estimate of drug-likeness (QED) is 0.612. The van der Waals surface area contributed by atoms with Gasteiger partial charge in [-0.2, -0.15) is 0 Å². The maximum atomic E-state index is 11.4. The fourth-order valence-corrected chi connectivity index (χ4v) is 1.20. The molecular weight excluding hydrogens is 210 g/mol. The molecule has 6 heteroatoms. The van der Waals surface area contributed by atoms with Crippen LogP contribution in [-0.2, 0) is 4.79 Å². The van der Waals surface area contributed by atoms with Crippen LogP contribution in [0, 0.1) is 0 Å². The Morgan fingerprint density at radius 2 is 2.31 bits per heavy atom. The van der Waals surface area contributed by atoms with Crippen molar-refractivity contribution in [2.45, 2.75) is 0 Å². The van der Waals surface area contributed by atoms with E-state index in [2.05, 4.69) is 10.3 Å². The van der Waals surface area contributed by atoms with Crippen molar-refractivity contribution in [1.29, 1.82) is 0 Å². The molecule has 16 heavy (non-hydrogen) atoms. The van der Waals surface area contributed by atoms with Crippen molar-refractivity contribution >= 4 is 11.8 Å². The molecule has 0 radical (unpaired) electrons. The Bertz CT molecular complexity index is 348. The van der Waals surface area contributed by atoms with E-state index < -0.39 is 11.8 Å². The molecule has 0 aliphatic carbocycles. The highest BCUT2D eigenvalue weighted by molar-refractivity contribution is 6.04. The highest BCUT2D eigenvalue weighted by Gasteiger charge is 2.12. The Hall–Kier alpha value is -1.66. The second-order valence-corrected chi connectivity index (χ2v) is 3.42. The number of hydrogen-bond acceptors (Lipinski definition) is 4. The van der Waals surface area contributed by atoms with Gasteiger partial charge in [0.05, 0.1) is 13.2 Å². The van der Waals surface area contributed by atoms with Gasteiger partial charge in [-0.05, 0) is 19.2 Å². The van der Waals surface area contributed by atoms with Crippen molar-refractivity contribution in [2.24, 2.45) is 0 Å². The van der Waals surface area contributed by atoms with Crippen LogP contribution in [0.1, 0.15) is 10.5 Å². The summed E-state index contributed by atoms with van der Waals surface area (Å²) in [6, 6.07) is 3.26. The molecule has 2 amide bonds. The Labute approximate surface area is 93.3 Å². The number of rotatable bonds is 5. The summed E-state index contributed by atoms with van der Waals surface area (Å²) in [4.78, 5) is 27.1. The molecule has 0 aromatic carbocycles. The number of nitrogens with one attached hydrogen (secondary N) is 2. The summed E-state index contributed by atoms with van der Waals surface area (Å²) in [5.41, 5.74) is 0.346. The highest BCUT2D eigenvalue weighted by atomic mass is 16.3. The predicted molar refractivity (Wildman–Crippen MR) is 57.8 cm³/mol. The molecule has 0 aliphatic heterocycles. The summed E-state index contributed by atoms with van der Waals surface area (Å²) in [6.07, 6.45) is 1.61. The van der Waals surface area contributed by atoms with E-state index in [9.17, 15) is 9.59 Å². The minimum Gasteiger partial charge on any atom is -0.395 e. The van der Waals surface area contributed by atoms with E-state index in [1.807, 2.05) is 0 Å². The maximum Gasteiger partial charge on any atom is 0.274 e. The van der Waals surface area contributed by atoms with E-state index in [1.54, 1.807) is 30.3 Å². The summed E-state index contributed by atoms with van der Waals surface area (Å²) >= 11 is 0. The molecule has 0 aliphatic rings. The average molecular weight is 225 g/mol. The van der Waals surface area contributed by atoms with E-state index in [4.69, 9.17) is 5.11 Å². The molecule has 0 atom stereocenters. The Morgan fingerprint density at radius 3 is 2.88 bits per heavy atom. The number of aliphatic hydroxyl groups excluding tert-OH is 1. The van der Waals surface area contributed by atoms with Crippen LogP contribution in [0.4, 0.5) is 0 Å². The molecule has 3 N–H and O–H groups in total. The van der Waals surface area contributed by atoms with Crippen molar-refractivity contribution in [3.63, 3.8) is 0 Å². The summed E-state index contributed by atoms with van der Waals surface area (Å²) < 4.78 is 0. The number of H-pyrrole nitrogens is 1. The van der Waals surface area contributed by atoms with E-state index in [0.29, 0.717) is 12.2 Å². The number of carbonyl (C=O) groups is 2. The van der Waals surface area contributed by atoms with Crippen molar-refractivity contribution in [2.75, 3.05) is 26.7 Å². The lowest BCUT2D eigenvalue weighted by Gasteiger charge is -2.13. The molecule has 1 heterocycles. The largest absolute Gasteiger partial charge is 0.395 e. The van der Waals surface area contributed by atoms with E-state index >= 15 is 0 Å². The fourth-order valence-electron chi connectivity index (χ4n) is 1.20. The van der Waals surface area contributed by atoms with Gasteiger partial charge in [0.1, 0.15) is 5.69 Å². The normalized spacial score (nSPS) is 10.4. The van der Waals surface area contributed by atoms with E-state index in [0.717, 1.165) is 0 Å². The second-order valence-electron chi connectivity index (χ2n) is 3.42. The maximum absolute atomic E-state index is 11.4. The van der Waals surface area contributed by atoms with Gasteiger partial charge in [-0.25, -0.2) is 0 Å². The molecule has 0 saturated carbocycles. The van der Waals surface area contributed by atoms with Crippen LogP contribution < -0.4 is 5.32 Å². The van der Waals surface area contributed by atoms with Crippen LogP contribution >= 0.6 is 0 Å². The Morgan fingerprint density at radius 1 is 1.56 bits per heavy atom. The summed E-state index contributed by atoms with van der Waals surface area (Å²) in [7, 11) is 1.69. The van der Waals surface area contributed by atoms with E-state index in [1.165, 1.54) is 0 Å². The molecule has 1 aromatic rings. The van der Waals surface area contributed by atoms with Crippen molar-refractivity contribution in [1.82, 2.24) is 15.2 Å². The lowest BCUT2D eigenvalue weighted by molar-refractivity contribution is -0.121. The van der Waals surface area contributed by atoms with Crippen LogP contribution in [0.5, 0.6) is 0 Å². The number of nitrogens with zero attached hydrogens (tertiary/aromatic N) is 1. The molecule has 0 fully saturated rings. The zero-order chi connectivity index (χ0) is 12.0. The number of aromatic amines is 1. The number of likely N-dealkylation sites (N-methyl/N-ethyl adjacent to an activating group) is 1. The first-order chi connectivity index (χ1) is 7.63. The molecule has 0 saturated heterocycles. The van der Waals surface area contributed by atoms with Gasteiger partial charge in [0.2, 0.25) is 5.91 Å². The smallest absolute Gasteiger partial charge is 0.274 e.